The molecular formula is C22H21F3N6O. The van der Waals surface area contributed by atoms with Crippen LogP contribution in [0, 0.1) is 12.8 Å². The van der Waals surface area contributed by atoms with Crippen molar-refractivity contribution >= 4 is 11.7 Å². The van der Waals surface area contributed by atoms with Crippen molar-refractivity contribution < 1.29 is 18.0 Å². The number of amides is 1. The van der Waals surface area contributed by atoms with Crippen LogP contribution in [0.5, 0.6) is 0 Å². The van der Waals surface area contributed by atoms with Gasteiger partial charge in [-0.15, -0.1) is 0 Å². The van der Waals surface area contributed by atoms with E-state index >= 15 is 0 Å². The summed E-state index contributed by atoms with van der Waals surface area (Å²) >= 11 is 0. The quantitative estimate of drug-likeness (QED) is 0.623. The van der Waals surface area contributed by atoms with E-state index in [0.717, 1.165) is 24.1 Å². The summed E-state index contributed by atoms with van der Waals surface area (Å²) in [6.07, 6.45) is 0.681. The molecule has 0 N–H and O–H groups in total. The van der Waals surface area contributed by atoms with E-state index in [1.165, 1.54) is 11.0 Å². The van der Waals surface area contributed by atoms with Crippen molar-refractivity contribution in [2.45, 2.75) is 25.6 Å². The fourth-order valence-electron chi connectivity index (χ4n) is 4.59. The zero-order valence-electron chi connectivity index (χ0n) is 17.3. The second kappa shape index (κ2) is 7.61. The first-order valence-electron chi connectivity index (χ1n) is 10.4. The molecule has 5 rings (SSSR count). The Morgan fingerprint density at radius 3 is 2.62 bits per heavy atom. The van der Waals surface area contributed by atoms with Gasteiger partial charge in [-0.2, -0.15) is 28.2 Å². The topological polar surface area (TPSA) is 67.2 Å². The molecule has 32 heavy (non-hydrogen) atoms. The number of alkyl halides is 3. The maximum Gasteiger partial charge on any atom is 0.416 e. The minimum absolute atomic E-state index is 0.0558. The van der Waals surface area contributed by atoms with Gasteiger partial charge >= 0.3 is 6.18 Å². The zero-order chi connectivity index (χ0) is 22.5. The summed E-state index contributed by atoms with van der Waals surface area (Å²) in [5.74, 6) is 0.496. The molecule has 10 heteroatoms. The molecule has 0 aliphatic carbocycles. The minimum Gasteiger partial charge on any atom is -0.351 e. The third kappa shape index (κ3) is 3.49. The maximum absolute atomic E-state index is 13.4. The van der Waals surface area contributed by atoms with E-state index in [9.17, 15) is 18.0 Å². The Bertz CT molecular complexity index is 1150. The molecule has 0 unspecified atom stereocenters. The summed E-state index contributed by atoms with van der Waals surface area (Å²) < 4.78 is 39.4. The Labute approximate surface area is 182 Å². The molecule has 0 spiro atoms. The highest BCUT2D eigenvalue weighted by Crippen LogP contribution is 2.38. The lowest BCUT2D eigenvalue weighted by atomic mass is 9.82. The van der Waals surface area contributed by atoms with Crippen LogP contribution in [0.15, 0.2) is 48.9 Å². The number of para-hydroxylation sites is 1. The molecule has 0 saturated carbocycles. The average Bonchev–Trinajstić information content (AvgIpc) is 3.28. The molecule has 2 atom stereocenters. The molecule has 2 aromatic heterocycles. The number of carbonyl (C=O) groups is 1. The standard InChI is InChI=1S/C22H21F3N6O/c1-14-3-2-4-17(20(14)31-27-8-9-28-31)21(32)29-10-6-15-12-30(18(15)13-29)19-11-16(5-7-26-19)22(23,24)25/h2-5,7-9,11,15,18H,6,10,12-13H2,1H3/t15-,18-/m0/s1. The third-order valence-electron chi connectivity index (χ3n) is 6.29. The lowest BCUT2D eigenvalue weighted by Gasteiger charge is -2.54. The number of pyridine rings is 1. The average molecular weight is 442 g/mol. The zero-order valence-corrected chi connectivity index (χ0v) is 17.3. The molecule has 1 aromatic carbocycles. The summed E-state index contributed by atoms with van der Waals surface area (Å²) in [5.41, 5.74) is 1.29. The number of halogens is 3. The van der Waals surface area contributed by atoms with Crippen LogP contribution in [0.3, 0.4) is 0 Å². The van der Waals surface area contributed by atoms with Gasteiger partial charge in [-0.25, -0.2) is 4.98 Å². The summed E-state index contributed by atoms with van der Waals surface area (Å²) in [5, 5.41) is 8.36. The Morgan fingerprint density at radius 1 is 1.09 bits per heavy atom. The number of anilines is 1. The molecule has 7 nitrogen and oxygen atoms in total. The summed E-state index contributed by atoms with van der Waals surface area (Å²) in [6.45, 7) is 3.58. The normalized spacial score (nSPS) is 20.6. The summed E-state index contributed by atoms with van der Waals surface area (Å²) in [7, 11) is 0. The third-order valence-corrected chi connectivity index (χ3v) is 6.29. The van der Waals surface area contributed by atoms with Crippen molar-refractivity contribution in [3.05, 3.63) is 65.6 Å². The van der Waals surface area contributed by atoms with Gasteiger partial charge in [0.15, 0.2) is 0 Å². The minimum atomic E-state index is -4.42. The van der Waals surface area contributed by atoms with E-state index in [2.05, 4.69) is 15.2 Å². The van der Waals surface area contributed by atoms with Crippen LogP contribution < -0.4 is 4.90 Å². The first-order valence-corrected chi connectivity index (χ1v) is 10.4. The van der Waals surface area contributed by atoms with Crippen LogP contribution in [-0.2, 0) is 6.18 Å². The number of carbonyl (C=O) groups excluding carboxylic acids is 1. The van der Waals surface area contributed by atoms with Gasteiger partial charge in [0.2, 0.25) is 0 Å². The number of hydrogen-bond donors (Lipinski definition) is 0. The van der Waals surface area contributed by atoms with Crippen molar-refractivity contribution in [1.82, 2.24) is 24.9 Å². The van der Waals surface area contributed by atoms with Gasteiger partial charge in [-0.3, -0.25) is 4.79 Å². The summed E-state index contributed by atoms with van der Waals surface area (Å²) in [4.78, 5) is 22.7. The highest BCUT2D eigenvalue weighted by Gasteiger charge is 2.45. The Morgan fingerprint density at radius 2 is 1.88 bits per heavy atom. The van der Waals surface area contributed by atoms with Crippen molar-refractivity contribution in [3.8, 4) is 5.69 Å². The van der Waals surface area contributed by atoms with Crippen LogP contribution in [-0.4, -0.2) is 56.5 Å². The number of rotatable bonds is 3. The number of piperidine rings is 1. The molecule has 0 bridgehead atoms. The van der Waals surface area contributed by atoms with Crippen molar-refractivity contribution in [2.24, 2.45) is 5.92 Å². The fraction of sp³-hybridized carbons (Fsp3) is 0.364. The van der Waals surface area contributed by atoms with Gasteiger partial charge in [0.25, 0.3) is 5.91 Å². The predicted molar refractivity (Wildman–Crippen MR) is 110 cm³/mol. The van der Waals surface area contributed by atoms with Gasteiger partial charge in [0.1, 0.15) is 11.5 Å². The number of aryl methyl sites for hydroxylation is 1. The molecule has 0 radical (unpaired) electrons. The molecule has 4 heterocycles. The SMILES string of the molecule is Cc1cccc(C(=O)N2CC[C@H]3CN(c4cc(C(F)(F)F)ccn4)[C@H]3C2)c1-n1nccn1. The highest BCUT2D eigenvalue weighted by atomic mass is 19.4. The van der Waals surface area contributed by atoms with Crippen LogP contribution in [0.4, 0.5) is 19.0 Å². The molecule has 2 saturated heterocycles. The van der Waals surface area contributed by atoms with Gasteiger partial charge in [0, 0.05) is 31.7 Å². The molecule has 2 fully saturated rings. The second-order valence-corrected chi connectivity index (χ2v) is 8.21. The van der Waals surface area contributed by atoms with Crippen LogP contribution >= 0.6 is 0 Å². The smallest absolute Gasteiger partial charge is 0.351 e. The molecule has 2 aliphatic rings. The molecule has 2 aliphatic heterocycles. The highest BCUT2D eigenvalue weighted by molar-refractivity contribution is 5.98. The van der Waals surface area contributed by atoms with Gasteiger partial charge < -0.3 is 9.80 Å². The second-order valence-electron chi connectivity index (χ2n) is 8.21. The first-order chi connectivity index (χ1) is 15.3. The van der Waals surface area contributed by atoms with Crippen molar-refractivity contribution in [1.29, 1.82) is 0 Å². The van der Waals surface area contributed by atoms with E-state index in [1.54, 1.807) is 23.4 Å². The van der Waals surface area contributed by atoms with E-state index in [4.69, 9.17) is 0 Å². The van der Waals surface area contributed by atoms with E-state index in [1.807, 2.05) is 24.0 Å². The number of aromatic nitrogens is 4. The van der Waals surface area contributed by atoms with Crippen LogP contribution in [0.2, 0.25) is 0 Å². The van der Waals surface area contributed by atoms with Gasteiger partial charge in [0.05, 0.1) is 29.6 Å². The lowest BCUT2D eigenvalue weighted by Crippen LogP contribution is -2.65. The molecular weight excluding hydrogens is 421 g/mol. The number of hydrogen-bond acceptors (Lipinski definition) is 5. The first kappa shape index (κ1) is 20.5. The van der Waals surface area contributed by atoms with Gasteiger partial charge in [-0.1, -0.05) is 12.1 Å². The Kier molecular flexibility index (Phi) is 4.87. The van der Waals surface area contributed by atoms with E-state index in [-0.39, 0.29) is 11.9 Å². The molecule has 3 aromatic rings. The fourth-order valence-corrected chi connectivity index (χ4v) is 4.59. The van der Waals surface area contributed by atoms with E-state index < -0.39 is 11.7 Å². The van der Waals surface area contributed by atoms with E-state index in [0.29, 0.717) is 42.6 Å². The van der Waals surface area contributed by atoms with Gasteiger partial charge in [-0.05, 0) is 37.1 Å². The van der Waals surface area contributed by atoms with Crippen LogP contribution in [0.25, 0.3) is 5.69 Å². The van der Waals surface area contributed by atoms with Crippen LogP contribution in [0.1, 0.15) is 27.9 Å². The molecule has 1 amide bonds. The number of fused-ring (bicyclic) bond motifs is 1. The van der Waals surface area contributed by atoms with Crippen molar-refractivity contribution in [3.63, 3.8) is 0 Å². The number of nitrogens with zero attached hydrogens (tertiary/aromatic N) is 6. The summed E-state index contributed by atoms with van der Waals surface area (Å²) in [6, 6.07) is 7.48. The molecule has 166 valence electrons. The largest absolute Gasteiger partial charge is 0.416 e. The van der Waals surface area contributed by atoms with Crippen molar-refractivity contribution in [2.75, 3.05) is 24.5 Å². The maximum atomic E-state index is 13.4. The Balaban J connectivity index is 1.38. The number of benzene rings is 1. The Hall–Kier alpha value is -3.43. The number of likely N-dealkylation sites (tertiary alicyclic amines) is 1. The monoisotopic (exact) mass is 442 g/mol. The predicted octanol–water partition coefficient (Wildman–Crippen LogP) is 3.34. The lowest BCUT2D eigenvalue weighted by molar-refractivity contribution is -0.137.